The van der Waals surface area contributed by atoms with E-state index in [1.165, 1.54) is 11.1 Å². The van der Waals surface area contributed by atoms with Crippen molar-refractivity contribution in [2.75, 3.05) is 0 Å². The Bertz CT molecular complexity index is 276. The molecule has 0 saturated heterocycles. The molecule has 0 aliphatic rings. The molecule has 74 valence electrons. The van der Waals surface area contributed by atoms with Crippen molar-refractivity contribution in [2.45, 2.75) is 39.9 Å². The summed E-state index contributed by atoms with van der Waals surface area (Å²) in [5, 5.41) is 0. The summed E-state index contributed by atoms with van der Waals surface area (Å²) in [6, 6.07) is 8.33. The molecule has 0 fully saturated rings. The van der Waals surface area contributed by atoms with E-state index < -0.39 is 0 Å². The van der Waals surface area contributed by atoms with E-state index in [2.05, 4.69) is 45.9 Å². The van der Waals surface area contributed by atoms with Crippen LogP contribution < -0.4 is 0 Å². The number of ether oxygens (including phenoxy) is 1. The molecule has 0 bridgehead atoms. The topological polar surface area (TPSA) is 9.23 Å². The number of aryl methyl sites for hydroxylation is 1. The second kappa shape index (κ2) is 5.61. The molecule has 0 N–H and O–H groups in total. The van der Waals surface area contributed by atoms with Crippen molar-refractivity contribution in [3.05, 3.63) is 35.4 Å². The second-order valence-corrected chi connectivity index (χ2v) is 4.33. The summed E-state index contributed by atoms with van der Waals surface area (Å²) < 4.78 is 5.70. The molecule has 0 spiro atoms. The Kier molecular flexibility index (Phi) is 5.52. The molecule has 1 nitrogen and oxygen atoms in total. The zero-order chi connectivity index (χ0) is 9.90. The molecule has 14 heavy (non-hydrogen) atoms. The van der Waals surface area contributed by atoms with E-state index in [1.807, 2.05) is 6.07 Å². The van der Waals surface area contributed by atoms with Crippen LogP contribution in [0.4, 0.5) is 0 Å². The Morgan fingerprint density at radius 3 is 2.21 bits per heavy atom. The van der Waals surface area contributed by atoms with Crippen LogP contribution in [0, 0.1) is 6.92 Å². The normalized spacial score (nSPS) is 10.9. The van der Waals surface area contributed by atoms with Crippen LogP contribution in [0.2, 0.25) is 0 Å². The first kappa shape index (κ1) is 13.8. The van der Waals surface area contributed by atoms with Crippen molar-refractivity contribution >= 4 is 18.9 Å². The van der Waals surface area contributed by atoms with Gasteiger partial charge in [-0.15, -0.1) is 0 Å². The van der Waals surface area contributed by atoms with Gasteiger partial charge in [-0.05, 0) is 38.8 Å². The van der Waals surface area contributed by atoms with Crippen LogP contribution in [0.3, 0.4) is 0 Å². The predicted molar refractivity (Wildman–Crippen MR) is 62.9 cm³/mol. The molecular formula is C12H19LiO. The summed E-state index contributed by atoms with van der Waals surface area (Å²) in [7, 11) is 0. The molecule has 0 amide bonds. The molecule has 1 aromatic carbocycles. The van der Waals surface area contributed by atoms with Gasteiger partial charge in [0.2, 0.25) is 0 Å². The van der Waals surface area contributed by atoms with Gasteiger partial charge in [-0.1, -0.05) is 24.3 Å². The molecule has 1 rings (SSSR count). The average Bonchev–Trinajstić information content (AvgIpc) is 2.01. The summed E-state index contributed by atoms with van der Waals surface area (Å²) >= 11 is 0. The zero-order valence-electron chi connectivity index (χ0n) is 8.92. The van der Waals surface area contributed by atoms with Crippen molar-refractivity contribution in [1.29, 1.82) is 0 Å². The molecule has 0 atom stereocenters. The van der Waals surface area contributed by atoms with Gasteiger partial charge in [-0.25, -0.2) is 0 Å². The first-order valence-electron chi connectivity index (χ1n) is 4.67. The van der Waals surface area contributed by atoms with Crippen LogP contribution in [0.15, 0.2) is 24.3 Å². The summed E-state index contributed by atoms with van der Waals surface area (Å²) in [6.45, 7) is 9.04. The van der Waals surface area contributed by atoms with Crippen LogP contribution in [-0.4, -0.2) is 24.5 Å². The Morgan fingerprint density at radius 1 is 1.14 bits per heavy atom. The third-order valence-electron chi connectivity index (χ3n) is 1.92. The predicted octanol–water partition coefficient (Wildman–Crippen LogP) is 2.66. The van der Waals surface area contributed by atoms with Crippen LogP contribution in [0.25, 0.3) is 0 Å². The molecule has 0 aromatic heterocycles. The van der Waals surface area contributed by atoms with Gasteiger partial charge in [0.25, 0.3) is 0 Å². The van der Waals surface area contributed by atoms with Crippen LogP contribution >= 0.6 is 0 Å². The molecular weight excluding hydrogens is 167 g/mol. The first-order chi connectivity index (χ1) is 5.99. The molecule has 2 heteroatoms. The minimum absolute atomic E-state index is 0. The summed E-state index contributed by atoms with van der Waals surface area (Å²) in [5.41, 5.74) is 2.52. The molecule has 0 aliphatic carbocycles. The summed E-state index contributed by atoms with van der Waals surface area (Å²) in [5.74, 6) is 0. The van der Waals surface area contributed by atoms with Gasteiger partial charge in [0.15, 0.2) is 0 Å². The van der Waals surface area contributed by atoms with Crippen molar-refractivity contribution < 1.29 is 4.74 Å². The SMILES string of the molecule is Cc1ccccc1COC(C)(C)C.[LiH]. The number of rotatable bonds is 2. The minimum atomic E-state index is -0.0533. The number of benzene rings is 1. The standard InChI is InChI=1S/C12H18O.Li.H/c1-10-7-5-6-8-11(10)9-13-12(2,3)4;;/h5-8H,9H2,1-4H3;;. The zero-order valence-corrected chi connectivity index (χ0v) is 8.92. The van der Waals surface area contributed by atoms with E-state index in [0.717, 1.165) is 0 Å². The third-order valence-corrected chi connectivity index (χ3v) is 1.92. The fraction of sp³-hybridized carbons (Fsp3) is 0.500. The van der Waals surface area contributed by atoms with Gasteiger partial charge in [0, 0.05) is 0 Å². The van der Waals surface area contributed by atoms with Gasteiger partial charge >= 0.3 is 18.9 Å². The molecule has 0 radical (unpaired) electrons. The van der Waals surface area contributed by atoms with Crippen LogP contribution in [0.1, 0.15) is 31.9 Å². The van der Waals surface area contributed by atoms with E-state index in [4.69, 9.17) is 4.74 Å². The van der Waals surface area contributed by atoms with Crippen molar-refractivity contribution in [3.8, 4) is 0 Å². The third kappa shape index (κ3) is 4.86. The Hall–Kier alpha value is -0.223. The monoisotopic (exact) mass is 186 g/mol. The maximum atomic E-state index is 5.70. The summed E-state index contributed by atoms with van der Waals surface area (Å²) in [4.78, 5) is 0. The van der Waals surface area contributed by atoms with Crippen molar-refractivity contribution in [2.24, 2.45) is 0 Å². The number of hydrogen-bond donors (Lipinski definition) is 0. The van der Waals surface area contributed by atoms with E-state index in [-0.39, 0.29) is 24.5 Å². The first-order valence-corrected chi connectivity index (χ1v) is 4.67. The average molecular weight is 186 g/mol. The Morgan fingerprint density at radius 2 is 1.71 bits per heavy atom. The fourth-order valence-electron chi connectivity index (χ4n) is 1.07. The van der Waals surface area contributed by atoms with Crippen molar-refractivity contribution in [3.63, 3.8) is 0 Å². The van der Waals surface area contributed by atoms with E-state index in [9.17, 15) is 0 Å². The van der Waals surface area contributed by atoms with Crippen LogP contribution in [0.5, 0.6) is 0 Å². The van der Waals surface area contributed by atoms with Crippen LogP contribution in [-0.2, 0) is 11.3 Å². The molecule has 0 unspecified atom stereocenters. The summed E-state index contributed by atoms with van der Waals surface area (Å²) in [6.07, 6.45) is 0. The molecule has 0 heterocycles. The second-order valence-electron chi connectivity index (χ2n) is 4.33. The maximum absolute atomic E-state index is 5.70. The fourth-order valence-corrected chi connectivity index (χ4v) is 1.07. The van der Waals surface area contributed by atoms with Crippen molar-refractivity contribution in [1.82, 2.24) is 0 Å². The van der Waals surface area contributed by atoms with Gasteiger partial charge < -0.3 is 4.74 Å². The van der Waals surface area contributed by atoms with E-state index in [1.54, 1.807) is 0 Å². The van der Waals surface area contributed by atoms with Gasteiger partial charge in [-0.3, -0.25) is 0 Å². The van der Waals surface area contributed by atoms with Gasteiger partial charge in [0.1, 0.15) is 0 Å². The van der Waals surface area contributed by atoms with E-state index in [0.29, 0.717) is 6.61 Å². The Balaban J connectivity index is 0.00000169. The molecule has 1 aromatic rings. The Labute approximate surface area is 99.0 Å². The quantitative estimate of drug-likeness (QED) is 0.645. The molecule has 0 saturated carbocycles. The molecule has 0 aliphatic heterocycles. The van der Waals surface area contributed by atoms with Gasteiger partial charge in [-0.2, -0.15) is 0 Å². The van der Waals surface area contributed by atoms with Gasteiger partial charge in [0.05, 0.1) is 12.2 Å². The number of hydrogen-bond acceptors (Lipinski definition) is 1. The van der Waals surface area contributed by atoms with E-state index >= 15 is 0 Å².